The Labute approximate surface area is 281 Å². The van der Waals surface area contributed by atoms with Gasteiger partial charge in [-0.15, -0.1) is 0 Å². The Morgan fingerprint density at radius 2 is 1.67 bits per heavy atom. The highest BCUT2D eigenvalue weighted by molar-refractivity contribution is 9.10. The fourth-order valence-electron chi connectivity index (χ4n) is 5.15. The quantitative estimate of drug-likeness (QED) is 0.141. The Hall–Kier alpha value is -3.56. The minimum absolute atomic E-state index is 0.0555. The summed E-state index contributed by atoms with van der Waals surface area (Å²) in [5.41, 5.74) is 1.86. The zero-order chi connectivity index (χ0) is 31.8. The van der Waals surface area contributed by atoms with Gasteiger partial charge in [0.15, 0.2) is 11.6 Å². The van der Waals surface area contributed by atoms with Crippen molar-refractivity contribution in [2.75, 3.05) is 26.9 Å². The molecule has 1 heterocycles. The van der Waals surface area contributed by atoms with Crippen LogP contribution >= 0.6 is 39.1 Å². The van der Waals surface area contributed by atoms with Gasteiger partial charge in [-0.2, -0.15) is 0 Å². The fraction of sp³-hybridized carbons (Fsp3) is 0.257. The molecule has 0 spiro atoms. The van der Waals surface area contributed by atoms with Crippen LogP contribution in [-0.4, -0.2) is 49.3 Å². The summed E-state index contributed by atoms with van der Waals surface area (Å²) in [6.07, 6.45) is 0.561. The molecule has 0 saturated carbocycles. The number of nitrogens with zero attached hydrogens (tertiary/aromatic N) is 1. The Morgan fingerprint density at radius 3 is 2.33 bits per heavy atom. The highest BCUT2D eigenvalue weighted by atomic mass is 79.9. The van der Waals surface area contributed by atoms with E-state index in [9.17, 15) is 4.79 Å². The zero-order valence-electron chi connectivity index (χ0n) is 24.6. The number of carbonyl (C=O) groups is 1. The molecule has 45 heavy (non-hydrogen) atoms. The molecule has 1 aliphatic heterocycles. The van der Waals surface area contributed by atoms with E-state index in [1.54, 1.807) is 25.3 Å². The number of halogens is 3. The number of aliphatic imine (C=N–C) groups is 1. The first-order chi connectivity index (χ1) is 21.8. The average Bonchev–Trinajstić information content (AvgIpc) is 3.43. The molecular formula is C35H33BrCl2N2O5. The number of carbonyl (C=O) groups excluding carboxylic acids is 1. The van der Waals surface area contributed by atoms with Gasteiger partial charge in [0.2, 0.25) is 5.90 Å². The lowest BCUT2D eigenvalue weighted by atomic mass is 9.82. The molecule has 2 N–H and O–H groups in total. The lowest BCUT2D eigenvalue weighted by Gasteiger charge is -2.31. The summed E-state index contributed by atoms with van der Waals surface area (Å²) in [5, 5.41) is 13.1. The number of benzene rings is 4. The molecule has 0 radical (unpaired) electrons. The molecule has 7 nitrogen and oxygen atoms in total. The molecule has 0 bridgehead atoms. The van der Waals surface area contributed by atoms with Gasteiger partial charge in [0.25, 0.3) is 5.91 Å². The highest BCUT2D eigenvalue weighted by Crippen LogP contribution is 2.45. The summed E-state index contributed by atoms with van der Waals surface area (Å²) < 4.78 is 18.5. The molecule has 4 aromatic rings. The molecule has 0 unspecified atom stereocenters. The fourth-order valence-corrected chi connectivity index (χ4v) is 5.92. The van der Waals surface area contributed by atoms with Crippen LogP contribution in [0.15, 0.2) is 100 Å². The SMILES string of the molecule is COc1ccc(CCNC(=O)[C@]2(Cc3ccc(Br)cc3)N=C(c3ccc(OCCCO)cc3)O[C@@H]2c2ccc(Cl)cc2Cl)cc1. The number of amides is 1. The average molecular weight is 712 g/mol. The number of methoxy groups -OCH3 is 1. The van der Waals surface area contributed by atoms with Gasteiger partial charge < -0.3 is 24.6 Å². The maximum absolute atomic E-state index is 14.4. The second-order valence-electron chi connectivity index (χ2n) is 10.6. The van der Waals surface area contributed by atoms with Crippen molar-refractivity contribution in [1.29, 1.82) is 0 Å². The molecule has 5 rings (SSSR count). The third kappa shape index (κ3) is 8.00. The molecule has 0 saturated heterocycles. The molecular weight excluding hydrogens is 679 g/mol. The summed E-state index contributed by atoms with van der Waals surface area (Å²) in [6.45, 7) is 0.844. The molecule has 0 fully saturated rings. The zero-order valence-corrected chi connectivity index (χ0v) is 27.7. The first-order valence-electron chi connectivity index (χ1n) is 14.5. The van der Waals surface area contributed by atoms with Gasteiger partial charge in [-0.25, -0.2) is 4.99 Å². The smallest absolute Gasteiger partial charge is 0.252 e. The largest absolute Gasteiger partial charge is 0.497 e. The first kappa shape index (κ1) is 32.8. The summed E-state index contributed by atoms with van der Waals surface area (Å²) >= 11 is 16.5. The van der Waals surface area contributed by atoms with Crippen molar-refractivity contribution >= 4 is 50.9 Å². The van der Waals surface area contributed by atoms with Crippen molar-refractivity contribution in [1.82, 2.24) is 5.32 Å². The first-order valence-corrected chi connectivity index (χ1v) is 16.1. The number of aliphatic hydroxyl groups excluding tert-OH is 1. The number of aliphatic hydroxyl groups is 1. The van der Waals surface area contributed by atoms with Crippen LogP contribution < -0.4 is 14.8 Å². The Kier molecular flexibility index (Phi) is 11.0. The summed E-state index contributed by atoms with van der Waals surface area (Å²) in [5.74, 6) is 1.46. The van der Waals surface area contributed by atoms with E-state index in [1.165, 1.54) is 0 Å². The van der Waals surface area contributed by atoms with E-state index >= 15 is 0 Å². The lowest BCUT2D eigenvalue weighted by Crippen LogP contribution is -2.50. The van der Waals surface area contributed by atoms with Gasteiger partial charge in [-0.05, 0) is 78.2 Å². The van der Waals surface area contributed by atoms with Crippen LogP contribution in [0.1, 0.15) is 34.8 Å². The van der Waals surface area contributed by atoms with Gasteiger partial charge in [-0.1, -0.05) is 69.5 Å². The Balaban J connectivity index is 1.52. The third-order valence-electron chi connectivity index (χ3n) is 7.52. The molecule has 2 atom stereocenters. The molecule has 1 amide bonds. The van der Waals surface area contributed by atoms with Crippen molar-refractivity contribution in [2.24, 2.45) is 4.99 Å². The van der Waals surface area contributed by atoms with Crippen LogP contribution in [0.5, 0.6) is 11.5 Å². The van der Waals surface area contributed by atoms with E-state index in [1.807, 2.05) is 72.8 Å². The van der Waals surface area contributed by atoms with Crippen molar-refractivity contribution < 1.29 is 24.1 Å². The van der Waals surface area contributed by atoms with Crippen LogP contribution in [0.4, 0.5) is 0 Å². The predicted octanol–water partition coefficient (Wildman–Crippen LogP) is 7.38. The Bertz CT molecular complexity index is 1630. The van der Waals surface area contributed by atoms with Crippen LogP contribution in [0.25, 0.3) is 0 Å². The van der Waals surface area contributed by atoms with Crippen LogP contribution in [-0.2, 0) is 22.4 Å². The minimum Gasteiger partial charge on any atom is -0.497 e. The summed E-state index contributed by atoms with van der Waals surface area (Å²) in [7, 11) is 1.63. The van der Waals surface area contributed by atoms with E-state index in [0.29, 0.717) is 58.8 Å². The number of hydrogen-bond donors (Lipinski definition) is 2. The van der Waals surface area contributed by atoms with E-state index in [4.69, 9.17) is 47.5 Å². The van der Waals surface area contributed by atoms with Gasteiger partial charge >= 0.3 is 0 Å². The number of hydrogen-bond acceptors (Lipinski definition) is 6. The van der Waals surface area contributed by atoms with Crippen LogP contribution in [0.3, 0.4) is 0 Å². The third-order valence-corrected chi connectivity index (χ3v) is 8.61. The topological polar surface area (TPSA) is 89.4 Å². The number of rotatable bonds is 13. The van der Waals surface area contributed by atoms with E-state index in [-0.39, 0.29) is 18.9 Å². The van der Waals surface area contributed by atoms with Crippen LogP contribution in [0.2, 0.25) is 10.0 Å². The summed E-state index contributed by atoms with van der Waals surface area (Å²) in [6, 6.07) is 28.0. The van der Waals surface area contributed by atoms with Crippen molar-refractivity contribution in [2.45, 2.75) is 30.9 Å². The second kappa shape index (κ2) is 15.1. The highest BCUT2D eigenvalue weighted by Gasteiger charge is 2.53. The minimum atomic E-state index is -1.39. The molecule has 10 heteroatoms. The van der Waals surface area contributed by atoms with Gasteiger partial charge in [0.1, 0.15) is 11.5 Å². The van der Waals surface area contributed by atoms with Crippen molar-refractivity contribution in [3.05, 3.63) is 128 Å². The van der Waals surface area contributed by atoms with Crippen molar-refractivity contribution in [3.63, 3.8) is 0 Å². The van der Waals surface area contributed by atoms with Gasteiger partial charge in [-0.3, -0.25) is 4.79 Å². The molecule has 4 aromatic carbocycles. The van der Waals surface area contributed by atoms with Crippen molar-refractivity contribution in [3.8, 4) is 11.5 Å². The molecule has 1 aliphatic rings. The van der Waals surface area contributed by atoms with E-state index in [0.717, 1.165) is 21.3 Å². The lowest BCUT2D eigenvalue weighted by molar-refractivity contribution is -0.128. The standard InChI is InChI=1S/C35H33BrCl2N2O5/c1-43-28-12-5-23(6-13-28)17-18-39-34(42)35(22-24-3-9-26(36)10-4-24)32(30-16-11-27(37)21-31(30)38)45-33(40-35)25-7-14-29(15-8-25)44-20-2-19-41/h3-16,21,32,41H,2,17-20,22H2,1H3,(H,39,42)/t32-,35-/m1/s1. The number of nitrogens with one attached hydrogen (secondary N) is 1. The normalized spacial score (nSPS) is 17.4. The molecule has 0 aromatic heterocycles. The summed E-state index contributed by atoms with van der Waals surface area (Å²) in [4.78, 5) is 19.5. The van der Waals surface area contributed by atoms with Gasteiger partial charge in [0, 0.05) is 51.6 Å². The number of ether oxygens (including phenoxy) is 3. The molecule has 0 aliphatic carbocycles. The second-order valence-corrected chi connectivity index (χ2v) is 12.4. The maximum atomic E-state index is 14.4. The van der Waals surface area contributed by atoms with Gasteiger partial charge in [0.05, 0.1) is 13.7 Å². The maximum Gasteiger partial charge on any atom is 0.252 e. The van der Waals surface area contributed by atoms with E-state index in [2.05, 4.69) is 21.2 Å². The molecule has 234 valence electrons. The predicted molar refractivity (Wildman–Crippen MR) is 181 cm³/mol. The van der Waals surface area contributed by atoms with Crippen LogP contribution in [0, 0.1) is 0 Å². The Morgan fingerprint density at radius 1 is 0.978 bits per heavy atom. The monoisotopic (exact) mass is 710 g/mol. The van der Waals surface area contributed by atoms with E-state index < -0.39 is 11.6 Å².